The van der Waals surface area contributed by atoms with E-state index in [1.54, 1.807) is 0 Å². The predicted octanol–water partition coefficient (Wildman–Crippen LogP) is 5.42. The minimum absolute atomic E-state index is 0.308. The van der Waals surface area contributed by atoms with E-state index in [1.807, 2.05) is 31.4 Å². The summed E-state index contributed by atoms with van der Waals surface area (Å²) in [6.07, 6.45) is 5.73. The molecule has 0 aromatic heterocycles. The van der Waals surface area contributed by atoms with Crippen LogP contribution in [0.2, 0.25) is 0 Å². The lowest BCUT2D eigenvalue weighted by molar-refractivity contribution is -0.119. The average Bonchev–Trinajstić information content (AvgIpc) is 2.93. The largest absolute Gasteiger partial charge is 0.351 e. The van der Waals surface area contributed by atoms with Crippen LogP contribution in [0.5, 0.6) is 0 Å². The summed E-state index contributed by atoms with van der Waals surface area (Å²) in [5.41, 5.74) is 4.11. The van der Waals surface area contributed by atoms with Crippen molar-refractivity contribution < 1.29 is 4.79 Å². The highest BCUT2D eigenvalue weighted by atomic mass is 16.1. The molecule has 2 aromatic rings. The summed E-state index contributed by atoms with van der Waals surface area (Å²) in [5, 5.41) is 0. The molecular formula is C23H27NO. The number of nitrogens with zero attached hydrogens (tertiary/aromatic N) is 1. The van der Waals surface area contributed by atoms with Crippen molar-refractivity contribution >= 4 is 11.5 Å². The van der Waals surface area contributed by atoms with Gasteiger partial charge in [0.2, 0.25) is 0 Å². The van der Waals surface area contributed by atoms with Crippen LogP contribution in [0.1, 0.15) is 43.7 Å². The van der Waals surface area contributed by atoms with Crippen molar-refractivity contribution in [3.63, 3.8) is 0 Å². The van der Waals surface area contributed by atoms with Gasteiger partial charge in [0.1, 0.15) is 0 Å². The second-order valence-electron chi connectivity index (χ2n) is 7.13. The number of ketones is 1. The zero-order valence-corrected chi connectivity index (χ0v) is 15.5. The van der Waals surface area contributed by atoms with Crippen LogP contribution in [0.25, 0.3) is 0 Å². The number of carbonyl (C=O) groups is 1. The molecule has 0 amide bonds. The molecule has 1 atom stereocenters. The van der Waals surface area contributed by atoms with Gasteiger partial charge in [-0.05, 0) is 43.9 Å². The average molecular weight is 333 g/mol. The third-order valence-corrected chi connectivity index (χ3v) is 5.31. The summed E-state index contributed by atoms with van der Waals surface area (Å²) in [7, 11) is 2.02. The fraction of sp³-hybridized carbons (Fsp3) is 0.348. The maximum atomic E-state index is 13.4. The van der Waals surface area contributed by atoms with Crippen molar-refractivity contribution in [2.45, 2.75) is 44.9 Å². The van der Waals surface area contributed by atoms with Gasteiger partial charge in [0.05, 0.1) is 5.41 Å². The zero-order chi connectivity index (χ0) is 17.9. The molecule has 0 bridgehead atoms. The summed E-state index contributed by atoms with van der Waals surface area (Å²) in [6, 6.07) is 18.7. The van der Waals surface area contributed by atoms with E-state index in [2.05, 4.69) is 55.1 Å². The number of aryl methyl sites for hydroxylation is 1. The van der Waals surface area contributed by atoms with Crippen molar-refractivity contribution in [1.29, 1.82) is 0 Å². The molecule has 1 aliphatic rings. The van der Waals surface area contributed by atoms with Crippen LogP contribution >= 0.6 is 0 Å². The normalized spacial score (nSPS) is 21.7. The molecule has 0 aliphatic heterocycles. The fourth-order valence-electron chi connectivity index (χ4n) is 4.00. The quantitative estimate of drug-likeness (QED) is 0.681. The molecule has 0 spiro atoms. The Kier molecular flexibility index (Phi) is 5.08. The van der Waals surface area contributed by atoms with E-state index in [1.165, 1.54) is 11.1 Å². The van der Waals surface area contributed by atoms with E-state index in [9.17, 15) is 4.79 Å². The molecule has 1 saturated carbocycles. The SMILES string of the molecule is CCCC1(c2cccc(C)c2)CC/C(=C\N(C)c2ccccc2)C1=O. The minimum atomic E-state index is -0.343. The number of rotatable bonds is 5. The topological polar surface area (TPSA) is 20.3 Å². The third kappa shape index (κ3) is 3.39. The molecule has 1 unspecified atom stereocenters. The van der Waals surface area contributed by atoms with E-state index in [4.69, 9.17) is 0 Å². The second kappa shape index (κ2) is 7.26. The fourth-order valence-corrected chi connectivity index (χ4v) is 4.00. The van der Waals surface area contributed by atoms with Crippen LogP contribution in [-0.2, 0) is 10.2 Å². The first-order valence-electron chi connectivity index (χ1n) is 9.17. The highest BCUT2D eigenvalue weighted by Gasteiger charge is 2.45. The Morgan fingerprint density at radius 1 is 1.12 bits per heavy atom. The zero-order valence-electron chi connectivity index (χ0n) is 15.5. The summed E-state index contributed by atoms with van der Waals surface area (Å²) in [6.45, 7) is 4.27. The van der Waals surface area contributed by atoms with E-state index < -0.39 is 0 Å². The van der Waals surface area contributed by atoms with Crippen LogP contribution in [-0.4, -0.2) is 12.8 Å². The maximum Gasteiger partial charge on any atom is 0.170 e. The minimum Gasteiger partial charge on any atom is -0.351 e. The van der Waals surface area contributed by atoms with Crippen molar-refractivity contribution in [2.75, 3.05) is 11.9 Å². The molecule has 3 rings (SSSR count). The first-order valence-corrected chi connectivity index (χ1v) is 9.17. The number of benzene rings is 2. The molecule has 25 heavy (non-hydrogen) atoms. The summed E-state index contributed by atoms with van der Waals surface area (Å²) in [4.78, 5) is 15.5. The highest BCUT2D eigenvalue weighted by molar-refractivity contribution is 6.06. The number of para-hydroxylation sites is 1. The molecule has 1 fully saturated rings. The van der Waals surface area contributed by atoms with Crippen molar-refractivity contribution in [3.8, 4) is 0 Å². The molecular weight excluding hydrogens is 306 g/mol. The van der Waals surface area contributed by atoms with Crippen LogP contribution in [0, 0.1) is 6.92 Å². The Morgan fingerprint density at radius 2 is 1.88 bits per heavy atom. The number of hydrogen-bond donors (Lipinski definition) is 0. The number of allylic oxidation sites excluding steroid dienone is 1. The number of hydrogen-bond acceptors (Lipinski definition) is 2. The van der Waals surface area contributed by atoms with E-state index in [0.29, 0.717) is 5.78 Å². The lowest BCUT2D eigenvalue weighted by atomic mass is 9.74. The molecule has 1 aliphatic carbocycles. The van der Waals surface area contributed by atoms with Gasteiger partial charge in [0, 0.05) is 24.5 Å². The highest BCUT2D eigenvalue weighted by Crippen LogP contribution is 2.44. The summed E-state index contributed by atoms with van der Waals surface area (Å²) < 4.78 is 0. The molecule has 2 nitrogen and oxygen atoms in total. The monoisotopic (exact) mass is 333 g/mol. The number of Topliss-reactive ketones (excluding diaryl/α,β-unsaturated/α-hetero) is 1. The van der Waals surface area contributed by atoms with Gasteiger partial charge < -0.3 is 4.90 Å². The van der Waals surface area contributed by atoms with Crippen LogP contribution in [0.3, 0.4) is 0 Å². The molecule has 130 valence electrons. The number of carbonyl (C=O) groups excluding carboxylic acids is 1. The second-order valence-corrected chi connectivity index (χ2v) is 7.13. The van der Waals surface area contributed by atoms with Gasteiger partial charge >= 0.3 is 0 Å². The standard InChI is InChI=1S/C23H27NO/c1-4-14-23(20-10-8-9-18(2)16-20)15-13-19(22(23)25)17-24(3)21-11-6-5-7-12-21/h5-12,16-17H,4,13-15H2,1-3H3/b19-17+. The first-order chi connectivity index (χ1) is 12.1. The van der Waals surface area contributed by atoms with E-state index in [-0.39, 0.29) is 5.41 Å². The van der Waals surface area contributed by atoms with Gasteiger partial charge in [0.15, 0.2) is 5.78 Å². The Labute approximate surface area is 151 Å². The summed E-state index contributed by atoms with van der Waals surface area (Å²) >= 11 is 0. The summed E-state index contributed by atoms with van der Waals surface area (Å²) in [5.74, 6) is 0.308. The maximum absolute atomic E-state index is 13.4. The third-order valence-electron chi connectivity index (χ3n) is 5.31. The first kappa shape index (κ1) is 17.5. The van der Waals surface area contributed by atoms with Crippen molar-refractivity contribution in [2.24, 2.45) is 0 Å². The smallest absolute Gasteiger partial charge is 0.170 e. The van der Waals surface area contributed by atoms with Crippen LogP contribution in [0.15, 0.2) is 66.4 Å². The van der Waals surface area contributed by atoms with Gasteiger partial charge in [0.25, 0.3) is 0 Å². The van der Waals surface area contributed by atoms with Gasteiger partial charge in [-0.2, -0.15) is 0 Å². The molecule has 0 N–H and O–H groups in total. The van der Waals surface area contributed by atoms with Gasteiger partial charge in [-0.1, -0.05) is 61.4 Å². The molecule has 2 aromatic carbocycles. The lowest BCUT2D eigenvalue weighted by Gasteiger charge is -2.28. The Morgan fingerprint density at radius 3 is 2.56 bits per heavy atom. The number of anilines is 1. The Balaban J connectivity index is 1.94. The van der Waals surface area contributed by atoms with Crippen molar-refractivity contribution in [1.82, 2.24) is 0 Å². The molecule has 0 saturated heterocycles. The van der Waals surface area contributed by atoms with Crippen LogP contribution in [0.4, 0.5) is 5.69 Å². The van der Waals surface area contributed by atoms with Crippen molar-refractivity contribution in [3.05, 3.63) is 77.5 Å². The predicted molar refractivity (Wildman–Crippen MR) is 105 cm³/mol. The van der Waals surface area contributed by atoms with Gasteiger partial charge in [-0.15, -0.1) is 0 Å². The van der Waals surface area contributed by atoms with Crippen LogP contribution < -0.4 is 4.90 Å². The Bertz CT molecular complexity index is 778. The van der Waals surface area contributed by atoms with E-state index in [0.717, 1.165) is 36.9 Å². The van der Waals surface area contributed by atoms with E-state index >= 15 is 0 Å². The lowest BCUT2D eigenvalue weighted by Crippen LogP contribution is -2.31. The van der Waals surface area contributed by atoms with Gasteiger partial charge in [-0.25, -0.2) is 0 Å². The van der Waals surface area contributed by atoms with Gasteiger partial charge in [-0.3, -0.25) is 4.79 Å². The molecule has 0 radical (unpaired) electrons. The molecule has 0 heterocycles. The Hall–Kier alpha value is -2.35. The molecule has 2 heteroatoms.